The van der Waals surface area contributed by atoms with Gasteiger partial charge in [0.15, 0.2) is 5.84 Å². The van der Waals surface area contributed by atoms with Crippen LogP contribution in [-0.2, 0) is 6.61 Å². The topological polar surface area (TPSA) is 80.7 Å². The van der Waals surface area contributed by atoms with E-state index in [2.05, 4.69) is 26.1 Å². The van der Waals surface area contributed by atoms with Crippen LogP contribution in [0.25, 0.3) is 0 Å². The summed E-state index contributed by atoms with van der Waals surface area (Å²) in [4.78, 5) is 4.07. The number of ether oxygens (including phenoxy) is 1. The molecule has 0 saturated heterocycles. The summed E-state index contributed by atoms with van der Waals surface area (Å²) in [6.07, 6.45) is 1.54. The molecule has 0 bridgehead atoms. The monoisotopic (exact) mass is 321 g/mol. The summed E-state index contributed by atoms with van der Waals surface area (Å²) in [5, 5.41) is 11.6. The zero-order valence-corrected chi connectivity index (χ0v) is 11.5. The van der Waals surface area contributed by atoms with Gasteiger partial charge in [0.25, 0.3) is 0 Å². The molecule has 0 amide bonds. The van der Waals surface area contributed by atoms with Crippen molar-refractivity contribution < 1.29 is 9.94 Å². The number of nitrogens with zero attached hydrogens (tertiary/aromatic N) is 2. The van der Waals surface area contributed by atoms with Gasteiger partial charge in [0.05, 0.1) is 0 Å². The quantitative estimate of drug-likeness (QED) is 0.392. The van der Waals surface area contributed by atoms with Gasteiger partial charge in [-0.25, -0.2) is 4.98 Å². The van der Waals surface area contributed by atoms with E-state index < -0.39 is 0 Å². The number of benzene rings is 1. The molecule has 0 aliphatic carbocycles. The number of pyridine rings is 1. The molecule has 0 unspecified atom stereocenters. The van der Waals surface area contributed by atoms with Crippen molar-refractivity contribution in [3.05, 3.63) is 58.2 Å². The smallest absolute Gasteiger partial charge is 0.214 e. The Hall–Kier alpha value is -2.08. The number of nitrogens with two attached hydrogens (primary N) is 1. The molecule has 6 heteroatoms. The van der Waals surface area contributed by atoms with Crippen molar-refractivity contribution in [2.75, 3.05) is 0 Å². The van der Waals surface area contributed by atoms with E-state index in [9.17, 15) is 0 Å². The first-order valence-corrected chi connectivity index (χ1v) is 6.30. The molecule has 98 valence electrons. The highest BCUT2D eigenvalue weighted by Gasteiger charge is 2.04. The average Bonchev–Trinajstić information content (AvgIpc) is 2.46. The number of hydrogen-bond donors (Lipinski definition) is 2. The summed E-state index contributed by atoms with van der Waals surface area (Å²) in [5.41, 5.74) is 7.07. The Morgan fingerprint density at radius 3 is 2.89 bits per heavy atom. The normalized spacial score (nSPS) is 11.3. The zero-order valence-electron chi connectivity index (χ0n) is 9.95. The van der Waals surface area contributed by atoms with Crippen LogP contribution in [0.3, 0.4) is 0 Å². The van der Waals surface area contributed by atoms with Crippen molar-refractivity contribution in [1.29, 1.82) is 0 Å². The van der Waals surface area contributed by atoms with Gasteiger partial charge in [-0.05, 0) is 12.1 Å². The predicted octanol–water partition coefficient (Wildman–Crippen LogP) is 2.52. The molecule has 2 rings (SSSR count). The van der Waals surface area contributed by atoms with Crippen LogP contribution in [0.2, 0.25) is 0 Å². The van der Waals surface area contributed by atoms with E-state index in [4.69, 9.17) is 15.7 Å². The number of aromatic nitrogens is 1. The van der Waals surface area contributed by atoms with Crippen LogP contribution < -0.4 is 10.5 Å². The second kappa shape index (κ2) is 6.19. The number of amidine groups is 1. The van der Waals surface area contributed by atoms with Crippen molar-refractivity contribution in [2.24, 2.45) is 10.9 Å². The highest BCUT2D eigenvalue weighted by molar-refractivity contribution is 9.10. The van der Waals surface area contributed by atoms with Crippen molar-refractivity contribution in [3.63, 3.8) is 0 Å². The van der Waals surface area contributed by atoms with Crippen molar-refractivity contribution in [2.45, 2.75) is 6.61 Å². The summed E-state index contributed by atoms with van der Waals surface area (Å²) in [5.74, 6) is 0.438. The molecule has 19 heavy (non-hydrogen) atoms. The van der Waals surface area contributed by atoms with Gasteiger partial charge >= 0.3 is 0 Å². The van der Waals surface area contributed by atoms with Gasteiger partial charge in [-0.15, -0.1) is 0 Å². The fourth-order valence-corrected chi connectivity index (χ4v) is 1.87. The van der Waals surface area contributed by atoms with E-state index in [1.165, 1.54) is 0 Å². The highest BCUT2D eigenvalue weighted by Crippen LogP contribution is 2.18. The van der Waals surface area contributed by atoms with Gasteiger partial charge < -0.3 is 15.7 Å². The van der Waals surface area contributed by atoms with Crippen molar-refractivity contribution in [1.82, 2.24) is 4.98 Å². The summed E-state index contributed by atoms with van der Waals surface area (Å²) < 4.78 is 6.55. The molecule has 0 fully saturated rings. The Morgan fingerprint density at radius 1 is 1.37 bits per heavy atom. The van der Waals surface area contributed by atoms with Crippen LogP contribution in [0.5, 0.6) is 5.88 Å². The van der Waals surface area contributed by atoms with Crippen LogP contribution in [0.1, 0.15) is 11.1 Å². The fraction of sp³-hybridized carbons (Fsp3) is 0.0769. The Balaban J connectivity index is 2.10. The maximum absolute atomic E-state index is 8.62. The first-order valence-electron chi connectivity index (χ1n) is 5.51. The van der Waals surface area contributed by atoms with Crippen LogP contribution in [0.15, 0.2) is 52.2 Å². The van der Waals surface area contributed by atoms with E-state index in [1.807, 2.05) is 24.3 Å². The molecule has 1 aromatic heterocycles. The van der Waals surface area contributed by atoms with E-state index in [-0.39, 0.29) is 5.84 Å². The minimum atomic E-state index is 0.0214. The molecule has 1 heterocycles. The third kappa shape index (κ3) is 3.45. The first kappa shape index (κ1) is 13.4. The molecule has 0 atom stereocenters. The molecular weight excluding hydrogens is 310 g/mol. The van der Waals surface area contributed by atoms with E-state index >= 15 is 0 Å². The van der Waals surface area contributed by atoms with Gasteiger partial charge in [-0.3, -0.25) is 0 Å². The third-order valence-electron chi connectivity index (χ3n) is 2.47. The molecule has 0 spiro atoms. The minimum Gasteiger partial charge on any atom is -0.473 e. The van der Waals surface area contributed by atoms with Crippen LogP contribution in [0, 0.1) is 0 Å². The van der Waals surface area contributed by atoms with Crippen LogP contribution in [-0.4, -0.2) is 16.0 Å². The summed E-state index contributed by atoms with van der Waals surface area (Å²) >= 11 is 3.45. The third-order valence-corrected chi connectivity index (χ3v) is 3.25. The van der Waals surface area contributed by atoms with E-state index in [0.29, 0.717) is 18.1 Å². The molecule has 5 nitrogen and oxygen atoms in total. The second-order valence-electron chi connectivity index (χ2n) is 3.75. The molecule has 0 radical (unpaired) electrons. The molecule has 0 aliphatic rings. The maximum atomic E-state index is 8.62. The maximum Gasteiger partial charge on any atom is 0.214 e. The molecule has 0 saturated carbocycles. The standard InChI is InChI=1S/C13H12BrN3O2/c14-11-4-2-1-3-10(11)8-19-12-7-9(5-6-16-12)13(15)17-18/h1-7,18H,8H2,(H2,15,17). The highest BCUT2D eigenvalue weighted by atomic mass is 79.9. The predicted molar refractivity (Wildman–Crippen MR) is 75.2 cm³/mol. The Morgan fingerprint density at radius 2 is 2.16 bits per heavy atom. The number of halogens is 1. The van der Waals surface area contributed by atoms with Crippen LogP contribution in [0.4, 0.5) is 0 Å². The van der Waals surface area contributed by atoms with Gasteiger partial charge in [0.2, 0.25) is 5.88 Å². The van der Waals surface area contributed by atoms with Crippen LogP contribution >= 0.6 is 15.9 Å². The van der Waals surface area contributed by atoms with E-state index in [1.54, 1.807) is 18.3 Å². The summed E-state index contributed by atoms with van der Waals surface area (Å²) in [6.45, 7) is 0.383. The van der Waals surface area contributed by atoms with Gasteiger partial charge in [0.1, 0.15) is 6.61 Å². The minimum absolute atomic E-state index is 0.0214. The Labute approximate surface area is 118 Å². The van der Waals surface area contributed by atoms with Crippen molar-refractivity contribution in [3.8, 4) is 5.88 Å². The lowest BCUT2D eigenvalue weighted by Crippen LogP contribution is -2.13. The second-order valence-corrected chi connectivity index (χ2v) is 4.60. The first-order chi connectivity index (χ1) is 9.20. The Kier molecular flexibility index (Phi) is 4.35. The lowest BCUT2D eigenvalue weighted by atomic mass is 10.2. The lowest BCUT2D eigenvalue weighted by molar-refractivity contribution is 0.293. The van der Waals surface area contributed by atoms with Crippen molar-refractivity contribution >= 4 is 21.8 Å². The number of hydrogen-bond acceptors (Lipinski definition) is 4. The van der Waals surface area contributed by atoms with E-state index in [0.717, 1.165) is 10.0 Å². The number of oxime groups is 1. The largest absolute Gasteiger partial charge is 0.473 e. The summed E-state index contributed by atoms with van der Waals surface area (Å²) in [7, 11) is 0. The molecule has 2 aromatic rings. The zero-order chi connectivity index (χ0) is 13.7. The fourth-order valence-electron chi connectivity index (χ4n) is 1.47. The van der Waals surface area contributed by atoms with Gasteiger partial charge in [-0.1, -0.05) is 39.3 Å². The van der Waals surface area contributed by atoms with Gasteiger partial charge in [-0.2, -0.15) is 0 Å². The molecule has 1 aromatic carbocycles. The average molecular weight is 322 g/mol. The van der Waals surface area contributed by atoms with Gasteiger partial charge in [0, 0.05) is 27.9 Å². The Bertz CT molecular complexity index is 602. The summed E-state index contributed by atoms with van der Waals surface area (Å²) in [6, 6.07) is 11.0. The SMILES string of the molecule is N/C(=N/O)c1ccnc(OCc2ccccc2Br)c1. The molecular formula is C13H12BrN3O2. The molecule has 0 aliphatic heterocycles. The lowest BCUT2D eigenvalue weighted by Gasteiger charge is -2.07. The molecule has 3 N–H and O–H groups in total. The number of rotatable bonds is 4.